The Labute approximate surface area is 311 Å². The van der Waals surface area contributed by atoms with Crippen LogP contribution in [-0.4, -0.2) is 36.4 Å². The Hall–Kier alpha value is -1.36. The van der Waals surface area contributed by atoms with Crippen molar-refractivity contribution in [3.05, 3.63) is 12.2 Å². The topological polar surface area (TPSA) is 72.8 Å². The fourth-order valence-electron chi connectivity index (χ4n) is 6.67. The van der Waals surface area contributed by atoms with Crippen molar-refractivity contribution in [2.75, 3.05) is 13.2 Å². The van der Waals surface area contributed by atoms with E-state index in [1.54, 1.807) is 0 Å². The summed E-state index contributed by atoms with van der Waals surface area (Å²) in [7, 11) is 0. The van der Waals surface area contributed by atoms with Crippen LogP contribution in [0.4, 0.5) is 0 Å². The molecule has 0 fully saturated rings. The molecule has 0 saturated carbocycles. The van der Waals surface area contributed by atoms with E-state index in [2.05, 4.69) is 26.0 Å². The van der Waals surface area contributed by atoms with Gasteiger partial charge in [0.1, 0.15) is 6.61 Å². The van der Waals surface area contributed by atoms with E-state index in [-0.39, 0.29) is 25.2 Å². The minimum absolute atomic E-state index is 0.0600. The lowest BCUT2D eigenvalue weighted by Crippen LogP contribution is -2.28. The average Bonchev–Trinajstić information content (AvgIpc) is 3.12. The van der Waals surface area contributed by atoms with Gasteiger partial charge in [-0.15, -0.1) is 0 Å². The van der Waals surface area contributed by atoms with Crippen molar-refractivity contribution in [1.29, 1.82) is 0 Å². The number of carbonyl (C=O) groups excluding carboxylic acids is 2. The van der Waals surface area contributed by atoms with Gasteiger partial charge in [-0.2, -0.15) is 0 Å². The molecule has 0 aliphatic carbocycles. The zero-order chi connectivity index (χ0) is 36.4. The third kappa shape index (κ3) is 39.4. The zero-order valence-electron chi connectivity index (χ0n) is 33.7. The number of esters is 2. The second-order valence-corrected chi connectivity index (χ2v) is 15.1. The molecule has 0 amide bonds. The molecule has 0 aromatic rings. The standard InChI is InChI=1S/C45H86O5/c1-3-5-7-9-11-12-13-14-15-16-17-18-19-20-21-22-23-24-25-26-27-28-29-30-31-32-34-36-38-40-45(48)50-43(41-46)42-49-44(47)39-37-35-33-10-8-6-4-2/h16-17,43,46H,3-15,18-42H2,1-2H3/b17-16-. The van der Waals surface area contributed by atoms with Gasteiger partial charge in [-0.3, -0.25) is 9.59 Å². The Kier molecular flexibility index (Phi) is 40.9. The van der Waals surface area contributed by atoms with Gasteiger partial charge in [-0.1, -0.05) is 206 Å². The van der Waals surface area contributed by atoms with Gasteiger partial charge in [0.15, 0.2) is 6.10 Å². The molecule has 5 nitrogen and oxygen atoms in total. The first-order valence-corrected chi connectivity index (χ1v) is 22.2. The molecule has 0 saturated heterocycles. The highest BCUT2D eigenvalue weighted by atomic mass is 16.6. The third-order valence-corrected chi connectivity index (χ3v) is 10.1. The molecule has 0 rings (SSSR count). The summed E-state index contributed by atoms with van der Waals surface area (Å²) in [5.41, 5.74) is 0. The van der Waals surface area contributed by atoms with Gasteiger partial charge in [-0.25, -0.2) is 0 Å². The molecule has 0 aliphatic heterocycles. The van der Waals surface area contributed by atoms with E-state index in [4.69, 9.17) is 9.47 Å². The minimum atomic E-state index is -0.762. The van der Waals surface area contributed by atoms with Crippen LogP contribution < -0.4 is 0 Å². The number of ether oxygens (including phenoxy) is 2. The van der Waals surface area contributed by atoms with E-state index in [1.165, 1.54) is 180 Å². The zero-order valence-corrected chi connectivity index (χ0v) is 33.7. The summed E-state index contributed by atoms with van der Waals surface area (Å²) < 4.78 is 10.6. The van der Waals surface area contributed by atoms with Gasteiger partial charge in [0.2, 0.25) is 0 Å². The minimum Gasteiger partial charge on any atom is -0.462 e. The van der Waals surface area contributed by atoms with E-state index in [1.807, 2.05) is 0 Å². The number of carbonyl (C=O) groups is 2. The number of aliphatic hydroxyl groups is 1. The fourth-order valence-corrected chi connectivity index (χ4v) is 6.67. The molecule has 0 aliphatic rings. The molecular formula is C45H86O5. The smallest absolute Gasteiger partial charge is 0.306 e. The molecule has 0 radical (unpaired) electrons. The Morgan fingerprint density at radius 2 is 0.740 bits per heavy atom. The summed E-state index contributed by atoms with van der Waals surface area (Å²) in [6.07, 6.45) is 49.0. The predicted molar refractivity (Wildman–Crippen MR) is 215 cm³/mol. The lowest BCUT2D eigenvalue weighted by atomic mass is 10.0. The molecule has 1 unspecified atom stereocenters. The largest absolute Gasteiger partial charge is 0.462 e. The van der Waals surface area contributed by atoms with Gasteiger partial charge < -0.3 is 14.6 Å². The number of aliphatic hydroxyl groups excluding tert-OH is 1. The van der Waals surface area contributed by atoms with Gasteiger partial charge in [0.05, 0.1) is 6.61 Å². The summed E-state index contributed by atoms with van der Waals surface area (Å²) in [6.45, 7) is 4.11. The molecular weight excluding hydrogens is 620 g/mol. The van der Waals surface area contributed by atoms with Gasteiger partial charge >= 0.3 is 11.9 Å². The predicted octanol–water partition coefficient (Wildman–Crippen LogP) is 14.1. The molecule has 5 heteroatoms. The maximum absolute atomic E-state index is 12.2. The average molecular weight is 707 g/mol. The summed E-state index contributed by atoms with van der Waals surface area (Å²) in [6, 6.07) is 0. The van der Waals surface area contributed by atoms with Gasteiger partial charge in [-0.05, 0) is 38.5 Å². The highest BCUT2D eigenvalue weighted by molar-refractivity contribution is 5.70. The molecule has 1 N–H and O–H groups in total. The Morgan fingerprint density at radius 1 is 0.440 bits per heavy atom. The lowest BCUT2D eigenvalue weighted by molar-refractivity contribution is -0.161. The van der Waals surface area contributed by atoms with E-state index < -0.39 is 6.10 Å². The van der Waals surface area contributed by atoms with Crippen LogP contribution in [0.5, 0.6) is 0 Å². The first-order valence-electron chi connectivity index (χ1n) is 22.2. The summed E-state index contributed by atoms with van der Waals surface area (Å²) >= 11 is 0. The number of unbranched alkanes of at least 4 members (excludes halogenated alkanes) is 31. The third-order valence-electron chi connectivity index (χ3n) is 10.1. The number of rotatable bonds is 41. The van der Waals surface area contributed by atoms with E-state index in [0.29, 0.717) is 12.8 Å². The van der Waals surface area contributed by atoms with Crippen molar-refractivity contribution in [1.82, 2.24) is 0 Å². The summed E-state index contributed by atoms with van der Waals surface area (Å²) in [5.74, 6) is -0.586. The maximum Gasteiger partial charge on any atom is 0.306 e. The van der Waals surface area contributed by atoms with Crippen molar-refractivity contribution >= 4 is 11.9 Å². The van der Waals surface area contributed by atoms with Crippen LogP contribution in [0.15, 0.2) is 12.2 Å². The van der Waals surface area contributed by atoms with Crippen LogP contribution in [0.2, 0.25) is 0 Å². The molecule has 0 bridgehead atoms. The number of allylic oxidation sites excluding steroid dienone is 2. The quantitative estimate of drug-likeness (QED) is 0.0389. The van der Waals surface area contributed by atoms with Crippen molar-refractivity contribution in [2.24, 2.45) is 0 Å². The highest BCUT2D eigenvalue weighted by Gasteiger charge is 2.16. The Bertz CT molecular complexity index is 720. The number of hydrogen-bond donors (Lipinski definition) is 1. The van der Waals surface area contributed by atoms with Crippen LogP contribution in [-0.2, 0) is 19.1 Å². The Balaban J connectivity index is 3.37. The van der Waals surface area contributed by atoms with Crippen molar-refractivity contribution in [3.63, 3.8) is 0 Å². The van der Waals surface area contributed by atoms with Crippen LogP contribution in [0.25, 0.3) is 0 Å². The second-order valence-electron chi connectivity index (χ2n) is 15.1. The lowest BCUT2D eigenvalue weighted by Gasteiger charge is -2.15. The van der Waals surface area contributed by atoms with Crippen LogP contribution >= 0.6 is 0 Å². The number of hydrogen-bond acceptors (Lipinski definition) is 5. The molecule has 0 heterocycles. The fraction of sp³-hybridized carbons (Fsp3) is 0.911. The molecule has 0 aromatic carbocycles. The highest BCUT2D eigenvalue weighted by Crippen LogP contribution is 2.16. The maximum atomic E-state index is 12.2. The monoisotopic (exact) mass is 707 g/mol. The van der Waals surface area contributed by atoms with E-state index >= 15 is 0 Å². The van der Waals surface area contributed by atoms with Gasteiger partial charge in [0.25, 0.3) is 0 Å². The summed E-state index contributed by atoms with van der Waals surface area (Å²) in [5, 5.41) is 9.52. The van der Waals surface area contributed by atoms with Crippen molar-refractivity contribution < 1.29 is 24.2 Å². The molecule has 296 valence electrons. The molecule has 0 aromatic heterocycles. The molecule has 1 atom stereocenters. The first kappa shape index (κ1) is 48.6. The Morgan fingerprint density at radius 3 is 1.08 bits per heavy atom. The van der Waals surface area contributed by atoms with Crippen molar-refractivity contribution in [3.8, 4) is 0 Å². The molecule has 0 spiro atoms. The summed E-state index contributed by atoms with van der Waals surface area (Å²) in [4.78, 5) is 24.1. The van der Waals surface area contributed by atoms with Crippen LogP contribution in [0.1, 0.15) is 245 Å². The second kappa shape index (κ2) is 42.1. The van der Waals surface area contributed by atoms with Crippen LogP contribution in [0.3, 0.4) is 0 Å². The normalized spacial score (nSPS) is 12.1. The van der Waals surface area contributed by atoms with Gasteiger partial charge in [0, 0.05) is 12.8 Å². The van der Waals surface area contributed by atoms with E-state index in [9.17, 15) is 14.7 Å². The van der Waals surface area contributed by atoms with Crippen LogP contribution in [0, 0.1) is 0 Å². The molecule has 50 heavy (non-hydrogen) atoms. The first-order chi connectivity index (χ1) is 24.6. The van der Waals surface area contributed by atoms with E-state index in [0.717, 1.165) is 38.5 Å². The van der Waals surface area contributed by atoms with Crippen molar-refractivity contribution in [2.45, 2.75) is 251 Å². The SMILES string of the molecule is CCCCCCCCCC/C=C\CCCCCCCCCCCCCCCCCCCC(=O)OC(CO)COC(=O)CCCCCCCCC.